The molecule has 124 valence electrons. The number of aryl methyl sites for hydroxylation is 1. The number of benzene rings is 2. The second-order valence-corrected chi connectivity index (χ2v) is 5.80. The number of rotatable bonds is 3. The minimum Gasteiger partial charge on any atom is -0.396 e. The average molecular weight is 333 g/mol. The van der Waals surface area contributed by atoms with E-state index in [0.717, 1.165) is 22.2 Å². The van der Waals surface area contributed by atoms with E-state index in [4.69, 9.17) is 5.73 Å². The third kappa shape index (κ3) is 2.78. The van der Waals surface area contributed by atoms with Crippen LogP contribution in [0, 0.1) is 5.82 Å². The number of halogens is 1. The van der Waals surface area contributed by atoms with E-state index in [2.05, 4.69) is 32.0 Å². The molecule has 0 saturated carbocycles. The maximum Gasteiger partial charge on any atom is 0.227 e. The quantitative estimate of drug-likeness (QED) is 0.554. The lowest BCUT2D eigenvalue weighted by molar-refractivity contribution is 0.632. The Kier molecular flexibility index (Phi) is 3.57. The summed E-state index contributed by atoms with van der Waals surface area (Å²) in [4.78, 5) is 8.82. The fourth-order valence-corrected chi connectivity index (χ4v) is 2.87. The van der Waals surface area contributed by atoms with Crippen LogP contribution in [0.25, 0.3) is 22.2 Å². The number of aromatic nitrogens is 3. The van der Waals surface area contributed by atoms with Gasteiger partial charge < -0.3 is 15.6 Å². The maximum atomic E-state index is 13.3. The van der Waals surface area contributed by atoms with Gasteiger partial charge in [-0.1, -0.05) is 18.2 Å². The van der Waals surface area contributed by atoms with Gasteiger partial charge in [-0.05, 0) is 30.3 Å². The molecule has 0 unspecified atom stereocenters. The largest absolute Gasteiger partial charge is 0.396 e. The van der Waals surface area contributed by atoms with Crippen LogP contribution in [0.2, 0.25) is 0 Å². The summed E-state index contributed by atoms with van der Waals surface area (Å²) in [7, 11) is 2.01. The molecule has 0 spiro atoms. The molecule has 25 heavy (non-hydrogen) atoms. The number of para-hydroxylation sites is 1. The molecule has 2 aromatic carbocycles. The fourth-order valence-electron chi connectivity index (χ4n) is 2.87. The van der Waals surface area contributed by atoms with Gasteiger partial charge in [0.25, 0.3) is 0 Å². The van der Waals surface area contributed by atoms with Gasteiger partial charge in [0.1, 0.15) is 5.82 Å². The van der Waals surface area contributed by atoms with E-state index < -0.39 is 5.82 Å². The molecular formula is C19H16FN5. The summed E-state index contributed by atoms with van der Waals surface area (Å²) in [5.41, 5.74) is 9.29. The Hall–Kier alpha value is -3.41. The van der Waals surface area contributed by atoms with E-state index in [1.165, 1.54) is 12.1 Å². The molecule has 0 fully saturated rings. The molecule has 4 aromatic rings. The summed E-state index contributed by atoms with van der Waals surface area (Å²) in [6.07, 6.45) is 3.74. The smallest absolute Gasteiger partial charge is 0.227 e. The van der Waals surface area contributed by atoms with Gasteiger partial charge in [0.05, 0.1) is 11.4 Å². The molecule has 0 bridgehead atoms. The highest BCUT2D eigenvalue weighted by atomic mass is 19.1. The maximum absolute atomic E-state index is 13.3. The molecule has 0 saturated heterocycles. The zero-order chi connectivity index (χ0) is 17.4. The van der Waals surface area contributed by atoms with Crippen molar-refractivity contribution in [2.75, 3.05) is 11.1 Å². The van der Waals surface area contributed by atoms with Crippen molar-refractivity contribution in [1.82, 2.24) is 14.5 Å². The number of anilines is 3. The predicted molar refractivity (Wildman–Crippen MR) is 98.0 cm³/mol. The van der Waals surface area contributed by atoms with E-state index in [1.54, 1.807) is 12.3 Å². The topological polar surface area (TPSA) is 68.8 Å². The molecule has 2 heterocycles. The number of hydrogen-bond acceptors (Lipinski definition) is 4. The van der Waals surface area contributed by atoms with Gasteiger partial charge >= 0.3 is 0 Å². The van der Waals surface area contributed by atoms with Crippen LogP contribution in [0.3, 0.4) is 0 Å². The zero-order valence-electron chi connectivity index (χ0n) is 13.6. The fraction of sp³-hybridized carbons (Fsp3) is 0.0526. The Balaban J connectivity index is 1.72. The molecule has 0 amide bonds. The van der Waals surface area contributed by atoms with Crippen molar-refractivity contribution in [2.45, 2.75) is 0 Å². The number of nitrogens with one attached hydrogen (secondary N) is 1. The van der Waals surface area contributed by atoms with Crippen molar-refractivity contribution in [3.8, 4) is 11.3 Å². The first-order chi connectivity index (χ1) is 12.1. The van der Waals surface area contributed by atoms with Gasteiger partial charge in [-0.25, -0.2) is 14.4 Å². The Morgan fingerprint density at radius 1 is 1.12 bits per heavy atom. The van der Waals surface area contributed by atoms with E-state index in [0.29, 0.717) is 11.6 Å². The molecule has 3 N–H and O–H groups in total. The van der Waals surface area contributed by atoms with Crippen molar-refractivity contribution >= 4 is 28.2 Å². The van der Waals surface area contributed by atoms with Gasteiger partial charge in [0.2, 0.25) is 5.95 Å². The highest BCUT2D eigenvalue weighted by Crippen LogP contribution is 2.29. The summed E-state index contributed by atoms with van der Waals surface area (Å²) in [6, 6.07) is 14.5. The Morgan fingerprint density at radius 3 is 2.80 bits per heavy atom. The number of hydrogen-bond donors (Lipinski definition) is 2. The van der Waals surface area contributed by atoms with E-state index in [1.807, 2.05) is 31.4 Å². The third-order valence-corrected chi connectivity index (χ3v) is 4.08. The standard InChI is InChI=1S/C19H16FN5/c1-25-11-14(13-4-2-3-5-18(13)25)17-8-9-22-19(24-17)23-12-6-7-15(20)16(21)10-12/h2-11H,21H2,1H3,(H,22,23,24). The molecule has 0 aliphatic rings. The van der Waals surface area contributed by atoms with Gasteiger partial charge in [-0.2, -0.15) is 0 Å². The summed E-state index contributed by atoms with van der Waals surface area (Å²) in [5, 5.41) is 4.19. The van der Waals surface area contributed by atoms with Crippen molar-refractivity contribution < 1.29 is 4.39 Å². The zero-order valence-corrected chi connectivity index (χ0v) is 13.6. The number of nitrogen functional groups attached to an aromatic ring is 1. The molecule has 0 atom stereocenters. The monoisotopic (exact) mass is 333 g/mol. The first-order valence-electron chi connectivity index (χ1n) is 7.81. The Morgan fingerprint density at radius 2 is 1.96 bits per heavy atom. The molecule has 4 rings (SSSR count). The summed E-state index contributed by atoms with van der Waals surface area (Å²) in [5.74, 6) is -0.0209. The number of fused-ring (bicyclic) bond motifs is 1. The van der Waals surface area contributed by atoms with Crippen LogP contribution in [0.5, 0.6) is 0 Å². The summed E-state index contributed by atoms with van der Waals surface area (Å²) in [6.45, 7) is 0. The molecule has 2 aromatic heterocycles. The SMILES string of the molecule is Cn1cc(-c2ccnc(Nc3ccc(F)c(N)c3)n2)c2ccccc21. The first-order valence-corrected chi connectivity index (χ1v) is 7.81. The van der Waals surface area contributed by atoms with Gasteiger partial charge in [-0.3, -0.25) is 0 Å². The number of nitrogens with zero attached hydrogens (tertiary/aromatic N) is 3. The van der Waals surface area contributed by atoms with Crippen LogP contribution in [0.4, 0.5) is 21.7 Å². The second-order valence-electron chi connectivity index (χ2n) is 5.80. The highest BCUT2D eigenvalue weighted by molar-refractivity contribution is 5.95. The van der Waals surface area contributed by atoms with E-state index >= 15 is 0 Å². The normalized spacial score (nSPS) is 11.0. The van der Waals surface area contributed by atoms with Crippen LogP contribution in [-0.2, 0) is 7.05 Å². The molecule has 0 radical (unpaired) electrons. The molecule has 5 nitrogen and oxygen atoms in total. The molecular weight excluding hydrogens is 317 g/mol. The van der Waals surface area contributed by atoms with Gasteiger partial charge in [0.15, 0.2) is 0 Å². The van der Waals surface area contributed by atoms with Crippen molar-refractivity contribution in [2.24, 2.45) is 7.05 Å². The molecule has 6 heteroatoms. The molecule has 0 aliphatic carbocycles. The van der Waals surface area contributed by atoms with Crippen LogP contribution in [0.1, 0.15) is 0 Å². The Bertz CT molecular complexity index is 1070. The predicted octanol–water partition coefficient (Wildman–Crippen LogP) is 4.10. The summed E-state index contributed by atoms with van der Waals surface area (Å²) < 4.78 is 15.4. The van der Waals surface area contributed by atoms with Gasteiger partial charge in [0, 0.05) is 41.6 Å². The summed E-state index contributed by atoms with van der Waals surface area (Å²) >= 11 is 0. The molecule has 0 aliphatic heterocycles. The third-order valence-electron chi connectivity index (χ3n) is 4.08. The van der Waals surface area contributed by atoms with E-state index in [9.17, 15) is 4.39 Å². The van der Waals surface area contributed by atoms with Crippen molar-refractivity contribution in [1.29, 1.82) is 0 Å². The van der Waals surface area contributed by atoms with Crippen LogP contribution in [-0.4, -0.2) is 14.5 Å². The second kappa shape index (κ2) is 5.90. The minimum absolute atomic E-state index is 0.0789. The van der Waals surface area contributed by atoms with Crippen molar-refractivity contribution in [3.05, 3.63) is 66.7 Å². The Labute approximate surface area is 144 Å². The minimum atomic E-state index is -0.448. The van der Waals surface area contributed by atoms with Crippen molar-refractivity contribution in [3.63, 3.8) is 0 Å². The number of nitrogens with two attached hydrogens (primary N) is 1. The van der Waals surface area contributed by atoms with Crippen LogP contribution >= 0.6 is 0 Å². The lowest BCUT2D eigenvalue weighted by Gasteiger charge is -2.07. The lowest BCUT2D eigenvalue weighted by Crippen LogP contribution is -1.99. The first kappa shape index (κ1) is 15.1. The van der Waals surface area contributed by atoms with Crippen LogP contribution in [0.15, 0.2) is 60.9 Å². The average Bonchev–Trinajstić information content (AvgIpc) is 2.96. The van der Waals surface area contributed by atoms with Gasteiger partial charge in [-0.15, -0.1) is 0 Å². The highest BCUT2D eigenvalue weighted by Gasteiger charge is 2.10. The van der Waals surface area contributed by atoms with Crippen LogP contribution < -0.4 is 11.1 Å². The lowest BCUT2D eigenvalue weighted by atomic mass is 10.1. The van der Waals surface area contributed by atoms with E-state index in [-0.39, 0.29) is 5.69 Å².